The molecule has 0 aromatic heterocycles. The third-order valence-corrected chi connectivity index (χ3v) is 3.96. The van der Waals surface area contributed by atoms with E-state index in [-0.39, 0.29) is 17.7 Å². The Labute approximate surface area is 122 Å². The van der Waals surface area contributed by atoms with Crippen LogP contribution in [-0.2, 0) is 9.59 Å². The second-order valence-corrected chi connectivity index (χ2v) is 6.99. The summed E-state index contributed by atoms with van der Waals surface area (Å²) in [6, 6.07) is -1.51. The number of carbonyl (C=O) groups is 2. The van der Waals surface area contributed by atoms with Gasteiger partial charge in [0.15, 0.2) is 0 Å². The van der Waals surface area contributed by atoms with Gasteiger partial charge in [0, 0.05) is 6.54 Å². The van der Waals surface area contributed by atoms with Crippen LogP contribution in [0.2, 0.25) is 0 Å². The zero-order valence-electron chi connectivity index (χ0n) is 12.5. The normalized spacial score (nSPS) is 27.8. The zero-order chi connectivity index (χ0) is 16.0. The van der Waals surface area contributed by atoms with E-state index in [0.717, 1.165) is 17.7 Å². The molecule has 1 aliphatic heterocycles. The number of hydrogen-bond acceptors (Lipinski definition) is 2. The van der Waals surface area contributed by atoms with Gasteiger partial charge in [-0.2, -0.15) is 13.2 Å². The average Bonchev–Trinajstić information content (AvgIpc) is 3.10. The predicted molar refractivity (Wildman–Crippen MR) is 70.3 cm³/mol. The Kier molecular flexibility index (Phi) is 3.97. The lowest BCUT2D eigenvalue weighted by Crippen LogP contribution is -2.67. The minimum atomic E-state index is -4.34. The van der Waals surface area contributed by atoms with Crippen molar-refractivity contribution in [1.29, 1.82) is 0 Å². The number of halogens is 3. The molecule has 2 amide bonds. The molecule has 0 bridgehead atoms. The van der Waals surface area contributed by atoms with Gasteiger partial charge in [-0.15, -0.1) is 0 Å². The van der Waals surface area contributed by atoms with Crippen molar-refractivity contribution in [3.05, 3.63) is 0 Å². The first-order valence-corrected chi connectivity index (χ1v) is 7.18. The molecule has 2 aliphatic rings. The molecule has 0 spiro atoms. The van der Waals surface area contributed by atoms with Crippen molar-refractivity contribution in [2.45, 2.75) is 58.3 Å². The maximum Gasteiger partial charge on any atom is 0.390 e. The number of nitrogens with one attached hydrogen (secondary N) is 1. The van der Waals surface area contributed by atoms with Crippen LogP contribution in [0.1, 0.15) is 40.0 Å². The van der Waals surface area contributed by atoms with Crippen LogP contribution in [0.25, 0.3) is 0 Å². The first kappa shape index (κ1) is 16.1. The van der Waals surface area contributed by atoms with Gasteiger partial charge >= 0.3 is 6.18 Å². The summed E-state index contributed by atoms with van der Waals surface area (Å²) < 4.78 is 37.5. The quantitative estimate of drug-likeness (QED) is 0.868. The summed E-state index contributed by atoms with van der Waals surface area (Å²) in [5.74, 6) is -0.641. The molecule has 120 valence electrons. The summed E-state index contributed by atoms with van der Waals surface area (Å²) >= 11 is 0. The molecule has 7 heteroatoms. The molecule has 2 unspecified atom stereocenters. The van der Waals surface area contributed by atoms with Gasteiger partial charge in [0.25, 0.3) is 0 Å². The standard InChI is InChI=1S/C14H21F3N2O2/c1-13(2,3)10-11(20)18-9(8-4-5-8)12(21)19(10)7-6-14(15,16)17/h8-10H,4-7H2,1-3H3,(H,18,20). The summed E-state index contributed by atoms with van der Waals surface area (Å²) in [5, 5.41) is 2.70. The van der Waals surface area contributed by atoms with E-state index in [1.165, 1.54) is 0 Å². The van der Waals surface area contributed by atoms with Crippen LogP contribution in [0.4, 0.5) is 13.2 Å². The van der Waals surface area contributed by atoms with E-state index in [1.807, 2.05) is 0 Å². The Balaban J connectivity index is 2.21. The maximum atomic E-state index is 12.5. The topological polar surface area (TPSA) is 49.4 Å². The first-order valence-electron chi connectivity index (χ1n) is 7.18. The van der Waals surface area contributed by atoms with Crippen LogP contribution in [0, 0.1) is 11.3 Å². The van der Waals surface area contributed by atoms with Crippen molar-refractivity contribution in [3.63, 3.8) is 0 Å². The van der Waals surface area contributed by atoms with Crippen molar-refractivity contribution >= 4 is 11.8 Å². The molecule has 0 aromatic rings. The molecule has 1 saturated heterocycles. The molecular formula is C14H21F3N2O2. The second-order valence-electron chi connectivity index (χ2n) is 6.99. The molecule has 1 saturated carbocycles. The summed E-state index contributed by atoms with van der Waals surface area (Å²) in [7, 11) is 0. The van der Waals surface area contributed by atoms with Crippen LogP contribution >= 0.6 is 0 Å². The lowest BCUT2D eigenvalue weighted by molar-refractivity contribution is -0.162. The number of alkyl halides is 3. The molecule has 2 rings (SSSR count). The number of rotatable bonds is 3. The fraction of sp³-hybridized carbons (Fsp3) is 0.857. The van der Waals surface area contributed by atoms with Crippen LogP contribution in [-0.4, -0.2) is 41.5 Å². The molecule has 1 heterocycles. The molecule has 1 N–H and O–H groups in total. The Hall–Kier alpha value is -1.27. The van der Waals surface area contributed by atoms with Crippen molar-refractivity contribution < 1.29 is 22.8 Å². The third-order valence-electron chi connectivity index (χ3n) is 3.96. The highest BCUT2D eigenvalue weighted by Gasteiger charge is 2.50. The summed E-state index contributed by atoms with van der Waals surface area (Å²) in [4.78, 5) is 25.9. The van der Waals surface area contributed by atoms with E-state index in [9.17, 15) is 22.8 Å². The highest BCUT2D eigenvalue weighted by Crippen LogP contribution is 2.37. The van der Waals surface area contributed by atoms with Crippen LogP contribution < -0.4 is 5.32 Å². The SMILES string of the molecule is CC(C)(C)C1C(=O)NC(C2CC2)C(=O)N1CCC(F)(F)F. The Morgan fingerprint density at radius 2 is 1.76 bits per heavy atom. The van der Waals surface area contributed by atoms with Gasteiger partial charge in [0.1, 0.15) is 12.1 Å². The summed E-state index contributed by atoms with van der Waals surface area (Å²) in [5.41, 5.74) is -0.611. The number of nitrogens with zero attached hydrogens (tertiary/aromatic N) is 1. The highest BCUT2D eigenvalue weighted by atomic mass is 19.4. The third kappa shape index (κ3) is 3.68. The lowest BCUT2D eigenvalue weighted by atomic mass is 9.82. The monoisotopic (exact) mass is 306 g/mol. The molecular weight excluding hydrogens is 285 g/mol. The van der Waals surface area contributed by atoms with Gasteiger partial charge in [-0.05, 0) is 24.2 Å². The Morgan fingerprint density at radius 1 is 1.19 bits per heavy atom. The van der Waals surface area contributed by atoms with Gasteiger partial charge in [0.05, 0.1) is 6.42 Å². The molecule has 2 fully saturated rings. The van der Waals surface area contributed by atoms with Crippen molar-refractivity contribution in [3.8, 4) is 0 Å². The van der Waals surface area contributed by atoms with Crippen LogP contribution in [0.5, 0.6) is 0 Å². The zero-order valence-corrected chi connectivity index (χ0v) is 12.5. The number of piperazine rings is 1. The molecule has 1 aliphatic carbocycles. The van der Waals surface area contributed by atoms with Crippen molar-refractivity contribution in [1.82, 2.24) is 10.2 Å². The minimum absolute atomic E-state index is 0.0794. The molecule has 0 radical (unpaired) electrons. The fourth-order valence-electron chi connectivity index (χ4n) is 2.84. The minimum Gasteiger partial charge on any atom is -0.342 e. The van der Waals surface area contributed by atoms with Crippen molar-refractivity contribution in [2.75, 3.05) is 6.54 Å². The van der Waals surface area contributed by atoms with E-state index in [1.54, 1.807) is 20.8 Å². The van der Waals surface area contributed by atoms with E-state index in [2.05, 4.69) is 5.32 Å². The van der Waals surface area contributed by atoms with E-state index in [0.29, 0.717) is 0 Å². The Bertz CT molecular complexity index is 438. The summed E-state index contributed by atoms with van der Waals surface area (Å²) in [6.07, 6.45) is -3.75. The number of carbonyl (C=O) groups excluding carboxylic acids is 2. The lowest BCUT2D eigenvalue weighted by Gasteiger charge is -2.45. The van der Waals surface area contributed by atoms with Crippen LogP contribution in [0.15, 0.2) is 0 Å². The van der Waals surface area contributed by atoms with E-state index < -0.39 is 36.6 Å². The maximum absolute atomic E-state index is 12.5. The molecule has 0 aromatic carbocycles. The smallest absolute Gasteiger partial charge is 0.342 e. The van der Waals surface area contributed by atoms with E-state index in [4.69, 9.17) is 0 Å². The number of amides is 2. The first-order chi connectivity index (χ1) is 9.50. The average molecular weight is 306 g/mol. The van der Waals surface area contributed by atoms with Crippen molar-refractivity contribution in [2.24, 2.45) is 11.3 Å². The van der Waals surface area contributed by atoms with Gasteiger partial charge in [0.2, 0.25) is 11.8 Å². The summed E-state index contributed by atoms with van der Waals surface area (Å²) in [6.45, 7) is 4.80. The fourth-order valence-corrected chi connectivity index (χ4v) is 2.84. The largest absolute Gasteiger partial charge is 0.390 e. The predicted octanol–water partition coefficient (Wildman–Crippen LogP) is 2.09. The number of hydrogen-bond donors (Lipinski definition) is 1. The highest BCUT2D eigenvalue weighted by molar-refractivity contribution is 5.97. The van der Waals surface area contributed by atoms with Gasteiger partial charge < -0.3 is 10.2 Å². The second kappa shape index (κ2) is 5.18. The van der Waals surface area contributed by atoms with Gasteiger partial charge in [-0.1, -0.05) is 20.8 Å². The molecule has 4 nitrogen and oxygen atoms in total. The van der Waals surface area contributed by atoms with Crippen LogP contribution in [0.3, 0.4) is 0 Å². The molecule has 21 heavy (non-hydrogen) atoms. The van der Waals surface area contributed by atoms with Gasteiger partial charge in [-0.3, -0.25) is 9.59 Å². The Morgan fingerprint density at radius 3 is 2.19 bits per heavy atom. The molecule has 2 atom stereocenters. The van der Waals surface area contributed by atoms with Gasteiger partial charge in [-0.25, -0.2) is 0 Å². The van der Waals surface area contributed by atoms with E-state index >= 15 is 0 Å².